The predicted octanol–water partition coefficient (Wildman–Crippen LogP) is 3.21. The molecule has 2 nitrogen and oxygen atoms in total. The first kappa shape index (κ1) is 11.0. The highest BCUT2D eigenvalue weighted by molar-refractivity contribution is 9.10. The first-order valence-electron chi connectivity index (χ1n) is 5.05. The van der Waals surface area contributed by atoms with Crippen LogP contribution in [0.25, 0.3) is 10.2 Å². The van der Waals surface area contributed by atoms with E-state index < -0.39 is 0 Å². The van der Waals surface area contributed by atoms with Crippen LogP contribution in [0.4, 0.5) is 0 Å². The molecule has 0 fully saturated rings. The van der Waals surface area contributed by atoms with Crippen molar-refractivity contribution < 1.29 is 0 Å². The fourth-order valence-electron chi connectivity index (χ4n) is 1.43. The van der Waals surface area contributed by atoms with E-state index in [2.05, 4.69) is 51.4 Å². The number of halogens is 1. The quantitative estimate of drug-likeness (QED) is 0.873. The van der Waals surface area contributed by atoms with Gasteiger partial charge in [-0.15, -0.1) is 11.3 Å². The zero-order valence-electron chi connectivity index (χ0n) is 8.59. The van der Waals surface area contributed by atoms with Crippen LogP contribution < -0.4 is 5.32 Å². The van der Waals surface area contributed by atoms with E-state index in [9.17, 15) is 0 Å². The lowest BCUT2D eigenvalue weighted by atomic mass is 10.3. The standard InChI is InChI=1S/C11H13BrN2S/c1-2-13-6-5-11-14-9-7-8(12)3-4-10(9)15-11/h3-4,7,13H,2,5-6H2,1H3. The molecule has 15 heavy (non-hydrogen) atoms. The van der Waals surface area contributed by atoms with E-state index in [0.29, 0.717) is 0 Å². The molecular weight excluding hydrogens is 272 g/mol. The molecule has 0 saturated carbocycles. The van der Waals surface area contributed by atoms with E-state index in [1.807, 2.05) is 0 Å². The molecule has 1 heterocycles. The van der Waals surface area contributed by atoms with Crippen molar-refractivity contribution in [2.24, 2.45) is 0 Å². The third kappa shape index (κ3) is 2.77. The van der Waals surface area contributed by atoms with Gasteiger partial charge in [-0.05, 0) is 24.7 Å². The van der Waals surface area contributed by atoms with E-state index in [1.165, 1.54) is 9.71 Å². The number of benzene rings is 1. The zero-order valence-corrected chi connectivity index (χ0v) is 11.0. The second-order valence-electron chi connectivity index (χ2n) is 3.32. The van der Waals surface area contributed by atoms with Gasteiger partial charge >= 0.3 is 0 Å². The Labute approximate surface area is 102 Å². The summed E-state index contributed by atoms with van der Waals surface area (Å²) < 4.78 is 2.36. The Balaban J connectivity index is 2.16. The first-order chi connectivity index (χ1) is 7.29. The molecular formula is C11H13BrN2S. The molecule has 0 aliphatic carbocycles. The van der Waals surface area contributed by atoms with Gasteiger partial charge in [-0.2, -0.15) is 0 Å². The van der Waals surface area contributed by atoms with Crippen molar-refractivity contribution in [1.82, 2.24) is 10.3 Å². The summed E-state index contributed by atoms with van der Waals surface area (Å²) in [6, 6.07) is 6.25. The SMILES string of the molecule is CCNCCc1nc2cc(Br)ccc2s1. The van der Waals surface area contributed by atoms with Crippen molar-refractivity contribution in [3.05, 3.63) is 27.7 Å². The Bertz CT molecular complexity index is 453. The zero-order chi connectivity index (χ0) is 10.7. The summed E-state index contributed by atoms with van der Waals surface area (Å²) in [5, 5.41) is 4.52. The summed E-state index contributed by atoms with van der Waals surface area (Å²) >= 11 is 5.24. The summed E-state index contributed by atoms with van der Waals surface area (Å²) in [6.07, 6.45) is 1.02. The van der Waals surface area contributed by atoms with Gasteiger partial charge in [-0.3, -0.25) is 0 Å². The number of nitrogens with zero attached hydrogens (tertiary/aromatic N) is 1. The highest BCUT2D eigenvalue weighted by Gasteiger charge is 2.03. The highest BCUT2D eigenvalue weighted by Crippen LogP contribution is 2.25. The van der Waals surface area contributed by atoms with Gasteiger partial charge in [0.2, 0.25) is 0 Å². The molecule has 0 aliphatic rings. The average molecular weight is 285 g/mol. The molecule has 0 spiro atoms. The monoisotopic (exact) mass is 284 g/mol. The Morgan fingerprint density at radius 3 is 3.13 bits per heavy atom. The fraction of sp³-hybridized carbons (Fsp3) is 0.364. The van der Waals surface area contributed by atoms with E-state index in [4.69, 9.17) is 0 Å². The van der Waals surface area contributed by atoms with E-state index in [1.54, 1.807) is 11.3 Å². The minimum absolute atomic E-state index is 1.01. The second kappa shape index (κ2) is 5.05. The molecule has 1 N–H and O–H groups in total. The van der Waals surface area contributed by atoms with Gasteiger partial charge in [0.05, 0.1) is 15.2 Å². The highest BCUT2D eigenvalue weighted by atomic mass is 79.9. The Kier molecular flexibility index (Phi) is 3.72. The predicted molar refractivity (Wildman–Crippen MR) is 69.6 cm³/mol. The fourth-order valence-corrected chi connectivity index (χ4v) is 2.72. The van der Waals surface area contributed by atoms with Gasteiger partial charge in [0.1, 0.15) is 0 Å². The lowest BCUT2D eigenvalue weighted by molar-refractivity contribution is 0.715. The van der Waals surface area contributed by atoms with Gasteiger partial charge in [-0.25, -0.2) is 4.98 Å². The van der Waals surface area contributed by atoms with Crippen LogP contribution in [-0.4, -0.2) is 18.1 Å². The van der Waals surface area contributed by atoms with Crippen LogP contribution in [0.5, 0.6) is 0 Å². The van der Waals surface area contributed by atoms with Crippen LogP contribution >= 0.6 is 27.3 Å². The van der Waals surface area contributed by atoms with Crippen molar-refractivity contribution >= 4 is 37.5 Å². The van der Waals surface area contributed by atoms with Gasteiger partial charge in [0.15, 0.2) is 0 Å². The second-order valence-corrected chi connectivity index (χ2v) is 5.35. The minimum Gasteiger partial charge on any atom is -0.317 e. The number of fused-ring (bicyclic) bond motifs is 1. The maximum atomic E-state index is 4.59. The van der Waals surface area contributed by atoms with Crippen LogP contribution in [-0.2, 0) is 6.42 Å². The van der Waals surface area contributed by atoms with E-state index in [-0.39, 0.29) is 0 Å². The van der Waals surface area contributed by atoms with Gasteiger partial charge in [0, 0.05) is 17.4 Å². The molecule has 0 aliphatic heterocycles. The number of hydrogen-bond acceptors (Lipinski definition) is 3. The molecule has 0 amide bonds. The molecule has 0 atom stereocenters. The smallest absolute Gasteiger partial charge is 0.0951 e. The topological polar surface area (TPSA) is 24.9 Å². The van der Waals surface area contributed by atoms with Crippen molar-refractivity contribution in [3.63, 3.8) is 0 Å². The number of hydrogen-bond donors (Lipinski definition) is 1. The number of likely N-dealkylation sites (N-methyl/N-ethyl adjacent to an activating group) is 1. The Hall–Kier alpha value is -0.450. The molecule has 0 saturated heterocycles. The van der Waals surface area contributed by atoms with Crippen LogP contribution in [0.3, 0.4) is 0 Å². The Morgan fingerprint density at radius 2 is 2.33 bits per heavy atom. The van der Waals surface area contributed by atoms with Gasteiger partial charge < -0.3 is 5.32 Å². The third-order valence-electron chi connectivity index (χ3n) is 2.16. The molecule has 0 unspecified atom stereocenters. The summed E-state index contributed by atoms with van der Waals surface area (Å²) in [7, 11) is 0. The summed E-state index contributed by atoms with van der Waals surface area (Å²) in [5.41, 5.74) is 1.10. The third-order valence-corrected chi connectivity index (χ3v) is 3.75. The molecule has 4 heteroatoms. The maximum absolute atomic E-state index is 4.59. The van der Waals surface area contributed by atoms with Crippen LogP contribution in [0.15, 0.2) is 22.7 Å². The molecule has 1 aromatic carbocycles. The van der Waals surface area contributed by atoms with Crippen molar-refractivity contribution in [1.29, 1.82) is 0 Å². The number of rotatable bonds is 4. The van der Waals surface area contributed by atoms with Gasteiger partial charge in [-0.1, -0.05) is 22.9 Å². The maximum Gasteiger partial charge on any atom is 0.0951 e. The number of aromatic nitrogens is 1. The van der Waals surface area contributed by atoms with Crippen LogP contribution in [0.2, 0.25) is 0 Å². The van der Waals surface area contributed by atoms with E-state index in [0.717, 1.165) is 29.5 Å². The molecule has 0 bridgehead atoms. The van der Waals surface area contributed by atoms with Gasteiger partial charge in [0.25, 0.3) is 0 Å². The van der Waals surface area contributed by atoms with Crippen LogP contribution in [0, 0.1) is 0 Å². The Morgan fingerprint density at radius 1 is 1.47 bits per heavy atom. The van der Waals surface area contributed by atoms with Crippen molar-refractivity contribution in [2.45, 2.75) is 13.3 Å². The number of nitrogens with one attached hydrogen (secondary N) is 1. The summed E-state index contributed by atoms with van der Waals surface area (Å²) in [5.74, 6) is 0. The summed E-state index contributed by atoms with van der Waals surface area (Å²) in [4.78, 5) is 4.59. The largest absolute Gasteiger partial charge is 0.317 e. The molecule has 2 rings (SSSR count). The molecule has 80 valence electrons. The average Bonchev–Trinajstić information content (AvgIpc) is 2.60. The normalized spacial score (nSPS) is 11.1. The van der Waals surface area contributed by atoms with E-state index >= 15 is 0 Å². The molecule has 1 aromatic heterocycles. The lowest BCUT2D eigenvalue weighted by Gasteiger charge is -1.96. The lowest BCUT2D eigenvalue weighted by Crippen LogP contribution is -2.15. The minimum atomic E-state index is 1.01. The first-order valence-corrected chi connectivity index (χ1v) is 6.66. The number of thiazole rings is 1. The summed E-state index contributed by atoms with van der Waals surface area (Å²) in [6.45, 7) is 4.16. The van der Waals surface area contributed by atoms with Crippen LogP contribution in [0.1, 0.15) is 11.9 Å². The van der Waals surface area contributed by atoms with Crippen molar-refractivity contribution in [3.8, 4) is 0 Å². The van der Waals surface area contributed by atoms with Crippen molar-refractivity contribution in [2.75, 3.05) is 13.1 Å². The molecule has 0 radical (unpaired) electrons. The molecule has 2 aromatic rings.